The summed E-state index contributed by atoms with van der Waals surface area (Å²) in [6.45, 7) is 7.96. The molecule has 2 unspecified atom stereocenters. The zero-order valence-electron chi connectivity index (χ0n) is 11.7. The van der Waals surface area contributed by atoms with Crippen molar-refractivity contribution in [3.8, 4) is 0 Å². The summed E-state index contributed by atoms with van der Waals surface area (Å²) in [6, 6.07) is 9.31. The van der Waals surface area contributed by atoms with Gasteiger partial charge in [0.15, 0.2) is 0 Å². The highest BCUT2D eigenvalue weighted by Gasteiger charge is 2.42. The molecule has 0 saturated heterocycles. The van der Waals surface area contributed by atoms with E-state index in [9.17, 15) is 0 Å². The lowest BCUT2D eigenvalue weighted by Gasteiger charge is -2.36. The lowest BCUT2D eigenvalue weighted by Crippen LogP contribution is -2.42. The normalized spacial score (nSPS) is 27.9. The molecule has 2 atom stereocenters. The van der Waals surface area contributed by atoms with Crippen molar-refractivity contribution in [1.82, 2.24) is 5.32 Å². The number of halogens is 1. The van der Waals surface area contributed by atoms with Crippen molar-refractivity contribution in [2.45, 2.75) is 51.5 Å². The largest absolute Gasteiger partial charge is 0.314 e. The molecule has 0 aliphatic heterocycles. The quantitative estimate of drug-likeness (QED) is 0.863. The molecule has 0 spiro atoms. The molecule has 1 aliphatic carbocycles. The van der Waals surface area contributed by atoms with Crippen LogP contribution in [0, 0.1) is 5.92 Å². The lowest BCUT2D eigenvalue weighted by molar-refractivity contribution is 0.307. The third-order valence-corrected chi connectivity index (χ3v) is 5.13. The van der Waals surface area contributed by atoms with Crippen LogP contribution in [-0.4, -0.2) is 12.6 Å². The number of rotatable bonds is 4. The molecule has 1 N–H and O–H groups in total. The van der Waals surface area contributed by atoms with Crippen molar-refractivity contribution in [2.24, 2.45) is 5.92 Å². The van der Waals surface area contributed by atoms with Crippen LogP contribution in [0.15, 0.2) is 28.7 Å². The molecular weight excluding hydrogens is 286 g/mol. The van der Waals surface area contributed by atoms with Crippen LogP contribution in [-0.2, 0) is 5.41 Å². The lowest BCUT2D eigenvalue weighted by atomic mass is 9.72. The third kappa shape index (κ3) is 2.65. The van der Waals surface area contributed by atoms with Crippen molar-refractivity contribution in [1.29, 1.82) is 0 Å². The molecule has 0 radical (unpaired) electrons. The van der Waals surface area contributed by atoms with E-state index in [2.05, 4.69) is 66.3 Å². The average Bonchev–Trinajstić information content (AvgIpc) is 2.70. The molecule has 2 rings (SSSR count). The third-order valence-electron chi connectivity index (χ3n) is 4.44. The van der Waals surface area contributed by atoms with Crippen molar-refractivity contribution in [3.05, 3.63) is 34.3 Å². The predicted molar refractivity (Wildman–Crippen MR) is 82.0 cm³/mol. The van der Waals surface area contributed by atoms with E-state index in [1.807, 2.05) is 0 Å². The monoisotopic (exact) mass is 309 g/mol. The van der Waals surface area contributed by atoms with Gasteiger partial charge in [0.25, 0.3) is 0 Å². The average molecular weight is 310 g/mol. The first-order chi connectivity index (χ1) is 8.56. The Labute approximate surface area is 119 Å². The minimum absolute atomic E-state index is 0.310. The van der Waals surface area contributed by atoms with Gasteiger partial charge in [0.05, 0.1) is 0 Å². The summed E-state index contributed by atoms with van der Waals surface area (Å²) in [6.07, 6.45) is 4.00. The Balaban J connectivity index is 2.33. The van der Waals surface area contributed by atoms with Crippen LogP contribution in [0.2, 0.25) is 0 Å². The molecule has 1 saturated carbocycles. The van der Waals surface area contributed by atoms with E-state index >= 15 is 0 Å². The summed E-state index contributed by atoms with van der Waals surface area (Å²) in [5.41, 5.74) is 1.80. The minimum Gasteiger partial charge on any atom is -0.314 e. The molecule has 0 heterocycles. The van der Waals surface area contributed by atoms with E-state index in [0.717, 1.165) is 12.5 Å². The highest BCUT2D eigenvalue weighted by atomic mass is 79.9. The molecule has 1 aliphatic rings. The van der Waals surface area contributed by atoms with Gasteiger partial charge in [0, 0.05) is 22.5 Å². The Morgan fingerprint density at radius 1 is 1.39 bits per heavy atom. The van der Waals surface area contributed by atoms with Gasteiger partial charge in [-0.15, -0.1) is 0 Å². The summed E-state index contributed by atoms with van der Waals surface area (Å²) in [5, 5.41) is 3.66. The molecule has 1 fully saturated rings. The van der Waals surface area contributed by atoms with Crippen molar-refractivity contribution < 1.29 is 0 Å². The first-order valence-electron chi connectivity index (χ1n) is 7.04. The van der Waals surface area contributed by atoms with Gasteiger partial charge in [-0.25, -0.2) is 0 Å². The van der Waals surface area contributed by atoms with Gasteiger partial charge in [-0.1, -0.05) is 61.3 Å². The zero-order valence-corrected chi connectivity index (χ0v) is 13.3. The standard InChI is InChI=1S/C16H24BrN/c1-12(2)18-11-16(10-6-7-13(16)3)14-8-4-5-9-15(14)17/h4-5,8-9,12-13,18H,6-7,10-11H2,1-3H3. The van der Waals surface area contributed by atoms with E-state index in [1.54, 1.807) is 0 Å². The molecule has 100 valence electrons. The van der Waals surface area contributed by atoms with E-state index < -0.39 is 0 Å². The second-order valence-electron chi connectivity index (χ2n) is 5.96. The summed E-state index contributed by atoms with van der Waals surface area (Å²) in [7, 11) is 0. The summed E-state index contributed by atoms with van der Waals surface area (Å²) in [5.74, 6) is 0.752. The topological polar surface area (TPSA) is 12.0 Å². The van der Waals surface area contributed by atoms with Crippen molar-refractivity contribution >= 4 is 15.9 Å². The summed E-state index contributed by atoms with van der Waals surface area (Å²) >= 11 is 3.75. The van der Waals surface area contributed by atoms with Gasteiger partial charge in [0.1, 0.15) is 0 Å². The van der Waals surface area contributed by atoms with Crippen LogP contribution >= 0.6 is 15.9 Å². The van der Waals surface area contributed by atoms with Crippen molar-refractivity contribution in [3.63, 3.8) is 0 Å². The van der Waals surface area contributed by atoms with E-state index in [0.29, 0.717) is 11.5 Å². The van der Waals surface area contributed by atoms with Crippen LogP contribution in [0.4, 0.5) is 0 Å². The van der Waals surface area contributed by atoms with Gasteiger partial charge in [-0.3, -0.25) is 0 Å². The number of hydrogen-bond donors (Lipinski definition) is 1. The van der Waals surface area contributed by atoms with Crippen LogP contribution < -0.4 is 5.32 Å². The Kier molecular flexibility index (Phi) is 4.50. The molecule has 2 heteroatoms. The molecule has 18 heavy (non-hydrogen) atoms. The maximum absolute atomic E-state index is 3.75. The highest BCUT2D eigenvalue weighted by Crippen LogP contribution is 2.47. The molecular formula is C16H24BrN. The predicted octanol–water partition coefficient (Wildman–Crippen LogP) is 4.50. The summed E-state index contributed by atoms with van der Waals surface area (Å²) < 4.78 is 1.27. The maximum atomic E-state index is 3.75. The first kappa shape index (κ1) is 14.1. The second kappa shape index (κ2) is 5.75. The Hall–Kier alpha value is -0.340. The summed E-state index contributed by atoms with van der Waals surface area (Å²) in [4.78, 5) is 0. The van der Waals surface area contributed by atoms with E-state index in [1.165, 1.54) is 29.3 Å². The molecule has 0 aromatic heterocycles. The molecule has 1 nitrogen and oxygen atoms in total. The van der Waals surface area contributed by atoms with Crippen LogP contribution in [0.3, 0.4) is 0 Å². The SMILES string of the molecule is CC(C)NCC1(c2ccccc2Br)CCCC1C. The Morgan fingerprint density at radius 2 is 2.11 bits per heavy atom. The van der Waals surface area contributed by atoms with Gasteiger partial charge < -0.3 is 5.32 Å². The van der Waals surface area contributed by atoms with Gasteiger partial charge in [-0.2, -0.15) is 0 Å². The zero-order chi connectivity index (χ0) is 13.2. The highest BCUT2D eigenvalue weighted by molar-refractivity contribution is 9.10. The molecule has 0 amide bonds. The number of benzene rings is 1. The van der Waals surface area contributed by atoms with E-state index in [4.69, 9.17) is 0 Å². The smallest absolute Gasteiger partial charge is 0.0213 e. The van der Waals surface area contributed by atoms with Crippen LogP contribution in [0.5, 0.6) is 0 Å². The molecule has 1 aromatic carbocycles. The number of nitrogens with one attached hydrogen (secondary N) is 1. The first-order valence-corrected chi connectivity index (χ1v) is 7.84. The van der Waals surface area contributed by atoms with Crippen LogP contribution in [0.25, 0.3) is 0 Å². The minimum atomic E-state index is 0.310. The van der Waals surface area contributed by atoms with Crippen LogP contribution in [0.1, 0.15) is 45.6 Å². The maximum Gasteiger partial charge on any atom is 0.0213 e. The fourth-order valence-corrected chi connectivity index (χ4v) is 3.94. The number of hydrogen-bond acceptors (Lipinski definition) is 1. The van der Waals surface area contributed by atoms with Gasteiger partial charge in [0.2, 0.25) is 0 Å². The Bertz CT molecular complexity index is 402. The fraction of sp³-hybridized carbons (Fsp3) is 0.625. The Morgan fingerprint density at radius 3 is 2.67 bits per heavy atom. The second-order valence-corrected chi connectivity index (χ2v) is 6.82. The molecule has 1 aromatic rings. The molecule has 0 bridgehead atoms. The fourth-order valence-electron chi connectivity index (χ4n) is 3.26. The van der Waals surface area contributed by atoms with Crippen molar-refractivity contribution in [2.75, 3.05) is 6.54 Å². The van der Waals surface area contributed by atoms with Gasteiger partial charge in [-0.05, 0) is 30.4 Å². The van der Waals surface area contributed by atoms with Gasteiger partial charge >= 0.3 is 0 Å². The van der Waals surface area contributed by atoms with E-state index in [-0.39, 0.29) is 0 Å².